The van der Waals surface area contributed by atoms with Gasteiger partial charge in [-0.05, 0) is 36.2 Å². The van der Waals surface area contributed by atoms with Gasteiger partial charge < -0.3 is 16.2 Å². The van der Waals surface area contributed by atoms with Gasteiger partial charge in [0.2, 0.25) is 0 Å². The van der Waals surface area contributed by atoms with Crippen molar-refractivity contribution in [2.24, 2.45) is 10.8 Å². The van der Waals surface area contributed by atoms with Gasteiger partial charge in [-0.25, -0.2) is 9.78 Å². The number of aromatic carboxylic acids is 1. The second-order valence-corrected chi connectivity index (χ2v) is 7.72. The molecule has 0 spiro atoms. The van der Waals surface area contributed by atoms with E-state index in [1.165, 1.54) is 18.7 Å². The summed E-state index contributed by atoms with van der Waals surface area (Å²) in [5.74, 6) is -0.442. The van der Waals surface area contributed by atoms with Gasteiger partial charge >= 0.3 is 5.97 Å². The van der Waals surface area contributed by atoms with E-state index in [1.54, 1.807) is 0 Å². The number of hydrogen-bond acceptors (Lipinski definition) is 4. The maximum absolute atomic E-state index is 11.1. The molecular weight excluding hydrogens is 266 g/mol. The summed E-state index contributed by atoms with van der Waals surface area (Å²) in [6, 6.07) is 1.81. The topological polar surface area (TPSA) is 88.2 Å². The van der Waals surface area contributed by atoms with Gasteiger partial charge in [0.05, 0.1) is 17.4 Å². The van der Waals surface area contributed by atoms with E-state index >= 15 is 0 Å². The van der Waals surface area contributed by atoms with Gasteiger partial charge in [-0.15, -0.1) is 0 Å². The van der Waals surface area contributed by atoms with Crippen LogP contribution < -0.4 is 11.1 Å². The minimum absolute atomic E-state index is 0.0989. The number of nitrogens with zero attached hydrogens (tertiary/aromatic N) is 1. The maximum atomic E-state index is 11.1. The average molecular weight is 291 g/mol. The van der Waals surface area contributed by atoms with Crippen molar-refractivity contribution in [3.05, 3.63) is 17.8 Å². The zero-order valence-corrected chi connectivity index (χ0v) is 13.2. The Bertz CT molecular complexity index is 536. The molecule has 5 heteroatoms. The molecule has 21 heavy (non-hydrogen) atoms. The summed E-state index contributed by atoms with van der Waals surface area (Å²) in [6.45, 7) is 9.12. The van der Waals surface area contributed by atoms with Gasteiger partial charge in [0.1, 0.15) is 5.82 Å². The molecule has 1 saturated carbocycles. The van der Waals surface area contributed by atoms with Crippen LogP contribution in [0.2, 0.25) is 0 Å². The SMILES string of the molecule is CC1(C)CC(Nc2cc(C(=O)O)c(N)cn2)CC(C)(C)C1. The molecule has 0 aliphatic heterocycles. The van der Waals surface area contributed by atoms with Crippen molar-refractivity contribution >= 4 is 17.5 Å². The lowest BCUT2D eigenvalue weighted by Crippen LogP contribution is -2.40. The summed E-state index contributed by atoms with van der Waals surface area (Å²) < 4.78 is 0. The smallest absolute Gasteiger partial charge is 0.337 e. The van der Waals surface area contributed by atoms with Gasteiger partial charge in [0.15, 0.2) is 0 Å². The van der Waals surface area contributed by atoms with E-state index in [4.69, 9.17) is 10.8 Å². The molecule has 116 valence electrons. The molecule has 1 aromatic rings. The van der Waals surface area contributed by atoms with Crippen molar-refractivity contribution in [1.29, 1.82) is 0 Å². The number of nitrogens with two attached hydrogens (primary N) is 1. The van der Waals surface area contributed by atoms with E-state index in [9.17, 15) is 4.79 Å². The summed E-state index contributed by atoms with van der Waals surface area (Å²) in [5, 5.41) is 12.5. The lowest BCUT2D eigenvalue weighted by Gasteiger charge is -2.45. The molecular formula is C16H25N3O2. The molecule has 0 aromatic carbocycles. The minimum Gasteiger partial charge on any atom is -0.478 e. The van der Waals surface area contributed by atoms with Crippen molar-refractivity contribution in [3.63, 3.8) is 0 Å². The van der Waals surface area contributed by atoms with E-state index in [0.717, 1.165) is 12.8 Å². The van der Waals surface area contributed by atoms with Crippen molar-refractivity contribution in [2.75, 3.05) is 11.1 Å². The first-order valence-corrected chi connectivity index (χ1v) is 7.33. The molecule has 0 amide bonds. The fourth-order valence-electron chi connectivity index (χ4n) is 3.89. The first-order chi connectivity index (χ1) is 9.58. The first-order valence-electron chi connectivity index (χ1n) is 7.33. The molecule has 0 unspecified atom stereocenters. The van der Waals surface area contributed by atoms with Crippen LogP contribution in [0.25, 0.3) is 0 Å². The molecule has 2 rings (SSSR count). The Balaban J connectivity index is 2.18. The molecule has 1 heterocycles. The highest BCUT2D eigenvalue weighted by molar-refractivity contribution is 5.94. The molecule has 1 aromatic heterocycles. The number of carbonyl (C=O) groups is 1. The lowest BCUT2D eigenvalue weighted by atomic mass is 9.63. The van der Waals surface area contributed by atoms with Gasteiger partial charge in [-0.2, -0.15) is 0 Å². The molecule has 0 atom stereocenters. The van der Waals surface area contributed by atoms with Crippen LogP contribution in [-0.4, -0.2) is 22.1 Å². The third kappa shape index (κ3) is 3.86. The summed E-state index contributed by atoms with van der Waals surface area (Å²) >= 11 is 0. The number of carboxylic acid groups (broad SMARTS) is 1. The number of nitrogens with one attached hydrogen (secondary N) is 1. The maximum Gasteiger partial charge on any atom is 0.337 e. The Labute approximate surface area is 126 Å². The number of hydrogen-bond donors (Lipinski definition) is 3. The van der Waals surface area contributed by atoms with Crippen molar-refractivity contribution in [3.8, 4) is 0 Å². The van der Waals surface area contributed by atoms with E-state index < -0.39 is 5.97 Å². The second-order valence-electron chi connectivity index (χ2n) is 7.72. The van der Waals surface area contributed by atoms with Crippen molar-refractivity contribution in [1.82, 2.24) is 4.98 Å². The lowest BCUT2D eigenvalue weighted by molar-refractivity contribution is 0.0697. The summed E-state index contributed by atoms with van der Waals surface area (Å²) in [6.07, 6.45) is 4.69. The van der Waals surface area contributed by atoms with Crippen LogP contribution in [0.3, 0.4) is 0 Å². The zero-order valence-electron chi connectivity index (χ0n) is 13.2. The van der Waals surface area contributed by atoms with Gasteiger partial charge in [0, 0.05) is 6.04 Å². The van der Waals surface area contributed by atoms with Crippen LogP contribution in [0.15, 0.2) is 12.3 Å². The number of carboxylic acids is 1. The predicted octanol–water partition coefficient (Wildman–Crippen LogP) is 3.38. The van der Waals surface area contributed by atoms with Crippen LogP contribution in [0.4, 0.5) is 11.5 Å². The molecule has 5 nitrogen and oxygen atoms in total. The molecule has 4 N–H and O–H groups in total. The average Bonchev–Trinajstić information content (AvgIpc) is 2.27. The number of anilines is 2. The standard InChI is InChI=1S/C16H25N3O2/c1-15(2)6-10(7-16(3,4)9-15)19-13-5-11(14(20)21)12(17)8-18-13/h5,8,10H,6-7,9,17H2,1-4H3,(H,18,19)(H,20,21). The van der Waals surface area contributed by atoms with Crippen molar-refractivity contribution in [2.45, 2.75) is 53.0 Å². The van der Waals surface area contributed by atoms with Crippen LogP contribution in [0.5, 0.6) is 0 Å². The van der Waals surface area contributed by atoms with E-state index in [-0.39, 0.29) is 22.1 Å². The molecule has 1 aliphatic rings. The number of pyridine rings is 1. The van der Waals surface area contributed by atoms with E-state index in [1.807, 2.05) is 0 Å². The summed E-state index contributed by atoms with van der Waals surface area (Å²) in [5.41, 5.74) is 6.46. The highest BCUT2D eigenvalue weighted by Crippen LogP contribution is 2.46. The zero-order chi connectivity index (χ0) is 15.8. The van der Waals surface area contributed by atoms with Crippen LogP contribution in [-0.2, 0) is 0 Å². The largest absolute Gasteiger partial charge is 0.478 e. The monoisotopic (exact) mass is 291 g/mol. The highest BCUT2D eigenvalue weighted by Gasteiger charge is 2.38. The summed E-state index contributed by atoms with van der Waals surface area (Å²) in [7, 11) is 0. The third-order valence-corrected chi connectivity index (χ3v) is 4.07. The predicted molar refractivity (Wildman–Crippen MR) is 84.4 cm³/mol. The minimum atomic E-state index is -1.03. The van der Waals surface area contributed by atoms with Gasteiger partial charge in [0.25, 0.3) is 0 Å². The molecule has 0 saturated heterocycles. The molecule has 0 bridgehead atoms. The Hall–Kier alpha value is -1.78. The quantitative estimate of drug-likeness (QED) is 0.794. The fraction of sp³-hybridized carbons (Fsp3) is 0.625. The number of aromatic nitrogens is 1. The number of nitrogen functional groups attached to an aromatic ring is 1. The first kappa shape index (κ1) is 15.6. The third-order valence-electron chi connectivity index (χ3n) is 4.07. The molecule has 0 radical (unpaired) electrons. The van der Waals surface area contributed by atoms with Crippen LogP contribution >= 0.6 is 0 Å². The molecule has 1 fully saturated rings. The highest BCUT2D eigenvalue weighted by atomic mass is 16.4. The Kier molecular flexibility index (Phi) is 3.87. The van der Waals surface area contributed by atoms with E-state index in [0.29, 0.717) is 11.9 Å². The summed E-state index contributed by atoms with van der Waals surface area (Å²) in [4.78, 5) is 15.3. The molecule has 1 aliphatic carbocycles. The Morgan fingerprint density at radius 1 is 1.33 bits per heavy atom. The number of rotatable bonds is 3. The second kappa shape index (κ2) is 5.20. The normalized spacial score (nSPS) is 21.0. The fourth-order valence-corrected chi connectivity index (χ4v) is 3.89. The van der Waals surface area contributed by atoms with Gasteiger partial charge in [-0.1, -0.05) is 27.7 Å². The Morgan fingerprint density at radius 3 is 2.43 bits per heavy atom. The van der Waals surface area contributed by atoms with Crippen molar-refractivity contribution < 1.29 is 9.90 Å². The van der Waals surface area contributed by atoms with E-state index in [2.05, 4.69) is 38.0 Å². The van der Waals surface area contributed by atoms with Gasteiger partial charge in [-0.3, -0.25) is 0 Å². The Morgan fingerprint density at radius 2 is 1.90 bits per heavy atom. The van der Waals surface area contributed by atoms with Crippen LogP contribution in [0.1, 0.15) is 57.3 Å². The van der Waals surface area contributed by atoms with Crippen LogP contribution in [0, 0.1) is 10.8 Å².